The minimum atomic E-state index is -0.221. The minimum Gasteiger partial charge on any atom is -0.491 e. The molecule has 4 aromatic rings. The van der Waals surface area contributed by atoms with Gasteiger partial charge in [0.1, 0.15) is 0 Å². The van der Waals surface area contributed by atoms with Crippen LogP contribution < -0.4 is 10.3 Å². The topological polar surface area (TPSA) is 42.1 Å². The minimum absolute atomic E-state index is 0.221. The lowest BCUT2D eigenvalue weighted by atomic mass is 9.93. The molecule has 0 bridgehead atoms. The van der Waals surface area contributed by atoms with Crippen molar-refractivity contribution in [1.29, 1.82) is 0 Å². The zero-order valence-electron chi connectivity index (χ0n) is 13.8. The van der Waals surface area contributed by atoms with Gasteiger partial charge >= 0.3 is 0 Å². The van der Waals surface area contributed by atoms with Crippen LogP contribution in [0.3, 0.4) is 0 Å². The van der Waals surface area contributed by atoms with Gasteiger partial charge in [-0.1, -0.05) is 60.7 Å². The number of aromatic amines is 1. The molecule has 0 radical (unpaired) electrons. The second-order valence-corrected chi connectivity index (χ2v) is 5.88. The van der Waals surface area contributed by atoms with Crippen LogP contribution in [0.4, 0.5) is 0 Å². The zero-order valence-corrected chi connectivity index (χ0v) is 13.8. The van der Waals surface area contributed by atoms with E-state index in [1.165, 1.54) is 7.11 Å². The summed E-state index contributed by atoms with van der Waals surface area (Å²) in [5.41, 5.74) is 5.02. The third-order valence-corrected chi connectivity index (χ3v) is 4.34. The van der Waals surface area contributed by atoms with Gasteiger partial charge in [0.05, 0.1) is 7.11 Å². The first-order valence-electron chi connectivity index (χ1n) is 8.12. The van der Waals surface area contributed by atoms with Crippen LogP contribution in [-0.4, -0.2) is 12.1 Å². The van der Waals surface area contributed by atoms with Crippen LogP contribution in [-0.2, 0) is 0 Å². The van der Waals surface area contributed by atoms with Crippen molar-refractivity contribution in [2.24, 2.45) is 0 Å². The van der Waals surface area contributed by atoms with E-state index >= 15 is 0 Å². The number of hydrogen-bond donors (Lipinski definition) is 1. The van der Waals surface area contributed by atoms with Crippen molar-refractivity contribution in [3.8, 4) is 28.0 Å². The van der Waals surface area contributed by atoms with Gasteiger partial charge in [0.2, 0.25) is 0 Å². The number of methoxy groups -OCH3 is 1. The van der Waals surface area contributed by atoms with Gasteiger partial charge in [-0.15, -0.1) is 0 Å². The van der Waals surface area contributed by atoms with Crippen LogP contribution in [0.25, 0.3) is 33.2 Å². The Bertz CT molecular complexity index is 1080. The van der Waals surface area contributed by atoms with E-state index < -0.39 is 0 Å². The SMILES string of the molecule is COc1cc2cc(-c3ccccc3)c(-c3ccccc3)cc2[nH]c1=O. The van der Waals surface area contributed by atoms with Gasteiger partial charge < -0.3 is 9.72 Å². The van der Waals surface area contributed by atoms with Gasteiger partial charge in [0.25, 0.3) is 5.56 Å². The summed E-state index contributed by atoms with van der Waals surface area (Å²) in [7, 11) is 1.51. The molecule has 0 spiro atoms. The molecule has 0 atom stereocenters. The second kappa shape index (κ2) is 6.29. The summed E-state index contributed by atoms with van der Waals surface area (Å²) in [5.74, 6) is 0.318. The van der Waals surface area contributed by atoms with E-state index in [1.54, 1.807) is 6.07 Å². The van der Waals surface area contributed by atoms with Crippen molar-refractivity contribution in [2.75, 3.05) is 7.11 Å². The Morgan fingerprint density at radius 3 is 1.88 bits per heavy atom. The van der Waals surface area contributed by atoms with E-state index in [0.717, 1.165) is 33.2 Å². The average Bonchev–Trinajstić information content (AvgIpc) is 2.68. The molecule has 0 amide bonds. The monoisotopic (exact) mass is 327 g/mol. The highest BCUT2D eigenvalue weighted by molar-refractivity contribution is 5.95. The second-order valence-electron chi connectivity index (χ2n) is 5.88. The fourth-order valence-electron chi connectivity index (χ4n) is 3.10. The van der Waals surface area contributed by atoms with Crippen molar-refractivity contribution >= 4 is 10.9 Å². The Kier molecular flexibility index (Phi) is 3.82. The van der Waals surface area contributed by atoms with Gasteiger partial charge in [-0.05, 0) is 40.5 Å². The molecule has 1 aromatic heterocycles. The molecule has 0 saturated heterocycles. The lowest BCUT2D eigenvalue weighted by Crippen LogP contribution is -2.08. The maximum absolute atomic E-state index is 12.1. The zero-order chi connectivity index (χ0) is 17.2. The highest BCUT2D eigenvalue weighted by Gasteiger charge is 2.11. The molecule has 0 aliphatic rings. The summed E-state index contributed by atoms with van der Waals surface area (Å²) >= 11 is 0. The third-order valence-electron chi connectivity index (χ3n) is 4.34. The Morgan fingerprint density at radius 1 is 0.760 bits per heavy atom. The molecule has 0 aliphatic carbocycles. The summed E-state index contributed by atoms with van der Waals surface area (Å²) in [6.45, 7) is 0. The Labute approximate surface area is 145 Å². The summed E-state index contributed by atoms with van der Waals surface area (Å²) in [6.07, 6.45) is 0. The number of pyridine rings is 1. The molecule has 0 unspecified atom stereocenters. The number of fused-ring (bicyclic) bond motifs is 1. The third kappa shape index (κ3) is 2.81. The molecule has 122 valence electrons. The lowest BCUT2D eigenvalue weighted by molar-refractivity contribution is 0.409. The van der Waals surface area contributed by atoms with Crippen molar-refractivity contribution in [1.82, 2.24) is 4.98 Å². The Hall–Kier alpha value is -3.33. The normalized spacial score (nSPS) is 10.8. The van der Waals surface area contributed by atoms with Crippen LogP contribution in [0, 0.1) is 0 Å². The molecule has 0 fully saturated rings. The molecular formula is C22H17NO2. The number of aromatic nitrogens is 1. The number of H-pyrrole nitrogens is 1. The van der Waals surface area contributed by atoms with E-state index in [0.29, 0.717) is 5.75 Å². The highest BCUT2D eigenvalue weighted by Crippen LogP contribution is 2.35. The smallest absolute Gasteiger partial charge is 0.290 e. The molecule has 1 N–H and O–H groups in total. The molecular weight excluding hydrogens is 310 g/mol. The molecule has 4 rings (SSSR count). The van der Waals surface area contributed by atoms with Gasteiger partial charge in [-0.2, -0.15) is 0 Å². The average molecular weight is 327 g/mol. The fourth-order valence-corrected chi connectivity index (χ4v) is 3.10. The molecule has 0 aliphatic heterocycles. The van der Waals surface area contributed by atoms with Crippen LogP contribution in [0.2, 0.25) is 0 Å². The highest BCUT2D eigenvalue weighted by atomic mass is 16.5. The van der Waals surface area contributed by atoms with Crippen LogP contribution >= 0.6 is 0 Å². The summed E-state index contributed by atoms with van der Waals surface area (Å²) in [4.78, 5) is 15.0. The van der Waals surface area contributed by atoms with Crippen molar-refractivity contribution in [3.05, 3.63) is 89.2 Å². The first kappa shape index (κ1) is 15.2. The van der Waals surface area contributed by atoms with E-state index in [4.69, 9.17) is 4.74 Å². The first-order chi connectivity index (χ1) is 12.3. The van der Waals surface area contributed by atoms with Crippen LogP contribution in [0.1, 0.15) is 0 Å². The van der Waals surface area contributed by atoms with E-state index in [1.807, 2.05) is 42.5 Å². The lowest BCUT2D eigenvalue weighted by Gasteiger charge is -2.13. The van der Waals surface area contributed by atoms with E-state index in [2.05, 4.69) is 35.3 Å². The molecule has 3 aromatic carbocycles. The van der Waals surface area contributed by atoms with Gasteiger partial charge in [0.15, 0.2) is 5.75 Å². The standard InChI is InChI=1S/C22H17NO2/c1-25-21-13-17-12-18(15-8-4-2-5-9-15)19(14-20(17)23-22(21)24)16-10-6-3-7-11-16/h2-14H,1H3,(H,23,24). The molecule has 25 heavy (non-hydrogen) atoms. The number of ether oxygens (including phenoxy) is 1. The van der Waals surface area contributed by atoms with Gasteiger partial charge in [-0.3, -0.25) is 4.79 Å². The summed E-state index contributed by atoms with van der Waals surface area (Å²) in [6, 6.07) is 26.4. The fraction of sp³-hybridized carbons (Fsp3) is 0.0455. The summed E-state index contributed by atoms with van der Waals surface area (Å²) < 4.78 is 5.17. The summed E-state index contributed by atoms with van der Waals surface area (Å²) in [5, 5.41) is 0.940. The molecule has 0 saturated carbocycles. The Morgan fingerprint density at radius 2 is 1.32 bits per heavy atom. The van der Waals surface area contributed by atoms with E-state index in [-0.39, 0.29) is 5.56 Å². The molecule has 3 nitrogen and oxygen atoms in total. The largest absolute Gasteiger partial charge is 0.491 e. The van der Waals surface area contributed by atoms with Crippen LogP contribution in [0.15, 0.2) is 83.7 Å². The number of hydrogen-bond acceptors (Lipinski definition) is 2. The predicted octanol–water partition coefficient (Wildman–Crippen LogP) is 4.87. The predicted molar refractivity (Wildman–Crippen MR) is 102 cm³/mol. The maximum Gasteiger partial charge on any atom is 0.290 e. The number of benzene rings is 3. The molecule has 3 heteroatoms. The van der Waals surface area contributed by atoms with Crippen molar-refractivity contribution in [3.63, 3.8) is 0 Å². The van der Waals surface area contributed by atoms with Crippen molar-refractivity contribution in [2.45, 2.75) is 0 Å². The molecule has 1 heterocycles. The van der Waals surface area contributed by atoms with E-state index in [9.17, 15) is 4.79 Å². The maximum atomic E-state index is 12.1. The Balaban J connectivity index is 2.05. The van der Waals surface area contributed by atoms with Gasteiger partial charge in [0, 0.05) is 10.9 Å². The number of nitrogens with one attached hydrogen (secondary N) is 1. The quantitative estimate of drug-likeness (QED) is 0.583. The van der Waals surface area contributed by atoms with Crippen LogP contribution in [0.5, 0.6) is 5.75 Å². The first-order valence-corrected chi connectivity index (χ1v) is 8.12. The number of rotatable bonds is 3. The van der Waals surface area contributed by atoms with Crippen molar-refractivity contribution < 1.29 is 4.74 Å². The van der Waals surface area contributed by atoms with Gasteiger partial charge in [-0.25, -0.2) is 0 Å².